The number of nitrogens with one attached hydrogen (secondary N) is 1. The van der Waals surface area contributed by atoms with Crippen LogP contribution in [0, 0.1) is 5.82 Å². The summed E-state index contributed by atoms with van der Waals surface area (Å²) in [6, 6.07) is 8.97. The van der Waals surface area contributed by atoms with Crippen molar-refractivity contribution in [1.29, 1.82) is 0 Å². The van der Waals surface area contributed by atoms with Crippen LogP contribution in [-0.4, -0.2) is 88.8 Å². The van der Waals surface area contributed by atoms with Crippen LogP contribution < -0.4 is 5.32 Å². The molecule has 35 heavy (non-hydrogen) atoms. The highest BCUT2D eigenvalue weighted by molar-refractivity contribution is 7.88. The molecule has 0 saturated carbocycles. The summed E-state index contributed by atoms with van der Waals surface area (Å²) in [5.74, 6) is -0.763. The van der Waals surface area contributed by atoms with Crippen molar-refractivity contribution >= 4 is 27.5 Å². The number of carbonyl (C=O) groups is 1. The average Bonchev–Trinajstić information content (AvgIpc) is 3.33. The summed E-state index contributed by atoms with van der Waals surface area (Å²) in [6.45, 7) is 4.51. The van der Waals surface area contributed by atoms with Gasteiger partial charge in [-0.15, -0.1) is 5.10 Å². The topological polar surface area (TPSA) is 113 Å². The van der Waals surface area contributed by atoms with E-state index in [2.05, 4.69) is 25.7 Å². The van der Waals surface area contributed by atoms with Crippen molar-refractivity contribution in [2.24, 2.45) is 0 Å². The molecule has 0 spiro atoms. The first-order chi connectivity index (χ1) is 16.6. The Balaban J connectivity index is 1.51. The van der Waals surface area contributed by atoms with Gasteiger partial charge < -0.3 is 5.32 Å². The van der Waals surface area contributed by atoms with E-state index in [9.17, 15) is 17.6 Å². The van der Waals surface area contributed by atoms with Gasteiger partial charge in [-0.2, -0.15) is 4.31 Å². The molecule has 2 heterocycles. The highest BCUT2D eigenvalue weighted by atomic mass is 35.5. The van der Waals surface area contributed by atoms with Crippen molar-refractivity contribution in [1.82, 2.24) is 34.7 Å². The number of benzene rings is 2. The largest absolute Gasteiger partial charge is 0.348 e. The summed E-state index contributed by atoms with van der Waals surface area (Å²) in [6.07, 6.45) is 2.62. The Hall–Kier alpha value is -2.93. The molecule has 13 heteroatoms. The molecule has 0 bridgehead atoms. The van der Waals surface area contributed by atoms with E-state index in [0.29, 0.717) is 55.1 Å². The molecule has 0 aliphatic carbocycles. The molecule has 0 radical (unpaired) electrons. The number of nitrogens with zero attached hydrogens (tertiary/aromatic N) is 6. The third-order valence-electron chi connectivity index (χ3n) is 5.75. The van der Waals surface area contributed by atoms with Gasteiger partial charge >= 0.3 is 0 Å². The molecule has 1 atom stereocenters. The van der Waals surface area contributed by atoms with Crippen LogP contribution in [0.2, 0.25) is 5.02 Å². The monoisotopic (exact) mass is 521 g/mol. The second kappa shape index (κ2) is 10.4. The maximum atomic E-state index is 13.6. The van der Waals surface area contributed by atoms with Crippen molar-refractivity contribution < 1.29 is 17.6 Å². The van der Waals surface area contributed by atoms with E-state index < -0.39 is 15.8 Å². The predicted molar refractivity (Wildman–Crippen MR) is 129 cm³/mol. The normalized spacial score (nSPS) is 16.2. The van der Waals surface area contributed by atoms with Crippen molar-refractivity contribution in [3.8, 4) is 16.8 Å². The Morgan fingerprint density at radius 1 is 1.17 bits per heavy atom. The van der Waals surface area contributed by atoms with Crippen LogP contribution in [0.3, 0.4) is 0 Å². The van der Waals surface area contributed by atoms with Crippen LogP contribution in [0.25, 0.3) is 16.8 Å². The Morgan fingerprint density at radius 3 is 2.54 bits per heavy atom. The first kappa shape index (κ1) is 25.2. The standard InChI is InChI=1S/C22H25ClFN7O3S/c1-15(13-29-5-7-30(8-6-29)35(2,33)34)26-22(32)17-9-16(20-4-3-18(24)12-21(20)23)10-19(11-17)31-14-25-27-28-31/h3-4,9-12,14-15H,5-8,13H2,1-2H3,(H,26,32)/t15-/m1/s1. The number of tetrazole rings is 1. The molecule has 10 nitrogen and oxygen atoms in total. The van der Waals surface area contributed by atoms with Crippen LogP contribution in [-0.2, 0) is 10.0 Å². The zero-order valence-corrected chi connectivity index (χ0v) is 20.8. The molecule has 2 aromatic carbocycles. The van der Waals surface area contributed by atoms with E-state index in [0.717, 1.165) is 0 Å². The lowest BCUT2D eigenvalue weighted by molar-refractivity contribution is 0.0922. The number of sulfonamides is 1. The minimum atomic E-state index is -3.20. The maximum absolute atomic E-state index is 13.6. The second-order valence-electron chi connectivity index (χ2n) is 8.48. The lowest BCUT2D eigenvalue weighted by Crippen LogP contribution is -2.51. The van der Waals surface area contributed by atoms with Crippen molar-refractivity contribution in [2.45, 2.75) is 13.0 Å². The molecule has 1 amide bonds. The molecule has 1 fully saturated rings. The molecule has 1 aliphatic rings. The Labute approximate surface area is 207 Å². The number of hydrogen-bond acceptors (Lipinski definition) is 7. The molecule has 1 aliphatic heterocycles. The summed E-state index contributed by atoms with van der Waals surface area (Å²) in [4.78, 5) is 15.3. The Bertz CT molecular complexity index is 1310. The number of aromatic nitrogens is 4. The Morgan fingerprint density at radius 2 is 1.91 bits per heavy atom. The van der Waals surface area contributed by atoms with Gasteiger partial charge in [-0.25, -0.2) is 17.5 Å². The third-order valence-corrected chi connectivity index (χ3v) is 7.36. The molecular formula is C22H25ClFN7O3S. The SMILES string of the molecule is C[C@H](CN1CCN(S(C)(=O)=O)CC1)NC(=O)c1cc(-c2ccc(F)cc2Cl)cc(-n2cnnn2)c1. The van der Waals surface area contributed by atoms with Crippen LogP contribution in [0.1, 0.15) is 17.3 Å². The maximum Gasteiger partial charge on any atom is 0.251 e. The molecule has 1 N–H and O–H groups in total. The molecule has 0 unspecified atom stereocenters. The quantitative estimate of drug-likeness (QED) is 0.504. The fraction of sp³-hybridized carbons (Fsp3) is 0.364. The molecule has 186 valence electrons. The number of amides is 1. The molecule has 1 aromatic heterocycles. The predicted octanol–water partition coefficient (Wildman–Crippen LogP) is 1.82. The first-order valence-corrected chi connectivity index (χ1v) is 13.1. The van der Waals surface area contributed by atoms with E-state index >= 15 is 0 Å². The summed E-state index contributed by atoms with van der Waals surface area (Å²) in [5.41, 5.74) is 2.08. The highest BCUT2D eigenvalue weighted by Crippen LogP contribution is 2.31. The van der Waals surface area contributed by atoms with Gasteiger partial charge in [-0.3, -0.25) is 9.69 Å². The lowest BCUT2D eigenvalue weighted by atomic mass is 10.0. The number of hydrogen-bond donors (Lipinski definition) is 1. The summed E-state index contributed by atoms with van der Waals surface area (Å²) < 4.78 is 39.9. The van der Waals surface area contributed by atoms with Gasteiger partial charge in [0.25, 0.3) is 5.91 Å². The zero-order chi connectivity index (χ0) is 25.2. The summed E-state index contributed by atoms with van der Waals surface area (Å²) in [7, 11) is -3.20. The Kier molecular flexibility index (Phi) is 7.45. The van der Waals surface area contributed by atoms with Gasteiger partial charge in [0, 0.05) is 49.9 Å². The first-order valence-electron chi connectivity index (χ1n) is 10.9. The number of rotatable bonds is 7. The fourth-order valence-corrected chi connectivity index (χ4v) is 5.12. The zero-order valence-electron chi connectivity index (χ0n) is 19.2. The number of carbonyl (C=O) groups excluding carboxylic acids is 1. The van der Waals surface area contributed by atoms with E-state index in [-0.39, 0.29) is 17.0 Å². The average molecular weight is 522 g/mol. The van der Waals surface area contributed by atoms with E-state index in [1.165, 1.54) is 33.7 Å². The second-order valence-corrected chi connectivity index (χ2v) is 10.9. The van der Waals surface area contributed by atoms with Crippen LogP contribution in [0.5, 0.6) is 0 Å². The molecular weight excluding hydrogens is 497 g/mol. The fourth-order valence-electron chi connectivity index (χ4n) is 4.02. The van der Waals surface area contributed by atoms with Gasteiger partial charge in [0.05, 0.1) is 17.0 Å². The van der Waals surface area contributed by atoms with Crippen molar-refractivity contribution in [2.75, 3.05) is 39.0 Å². The minimum absolute atomic E-state index is 0.193. The summed E-state index contributed by atoms with van der Waals surface area (Å²) in [5, 5.41) is 14.4. The smallest absolute Gasteiger partial charge is 0.251 e. The van der Waals surface area contributed by atoms with Crippen molar-refractivity contribution in [3.63, 3.8) is 0 Å². The van der Waals surface area contributed by atoms with Gasteiger partial charge in [0.2, 0.25) is 10.0 Å². The molecule has 4 rings (SSSR count). The van der Waals surface area contributed by atoms with Gasteiger partial charge in [0.15, 0.2) is 0 Å². The minimum Gasteiger partial charge on any atom is -0.348 e. The molecule has 3 aromatic rings. The van der Waals surface area contributed by atoms with E-state index in [1.54, 1.807) is 24.3 Å². The lowest BCUT2D eigenvalue weighted by Gasteiger charge is -2.34. The third kappa shape index (κ3) is 6.20. The van der Waals surface area contributed by atoms with Crippen molar-refractivity contribution in [3.05, 3.63) is 59.1 Å². The van der Waals surface area contributed by atoms with Gasteiger partial charge in [-0.1, -0.05) is 11.6 Å². The number of piperazine rings is 1. The van der Waals surface area contributed by atoms with Crippen LogP contribution in [0.4, 0.5) is 4.39 Å². The van der Waals surface area contributed by atoms with E-state index in [1.807, 2.05) is 6.92 Å². The van der Waals surface area contributed by atoms with Crippen LogP contribution in [0.15, 0.2) is 42.7 Å². The molecule has 1 saturated heterocycles. The van der Waals surface area contributed by atoms with Crippen LogP contribution >= 0.6 is 11.6 Å². The van der Waals surface area contributed by atoms with Gasteiger partial charge in [-0.05, 0) is 59.3 Å². The highest BCUT2D eigenvalue weighted by Gasteiger charge is 2.24. The summed E-state index contributed by atoms with van der Waals surface area (Å²) >= 11 is 6.27. The number of halogens is 2. The van der Waals surface area contributed by atoms with E-state index in [4.69, 9.17) is 11.6 Å². The van der Waals surface area contributed by atoms with Gasteiger partial charge in [0.1, 0.15) is 12.1 Å².